The highest BCUT2D eigenvalue weighted by Gasteiger charge is 2.35. The molecule has 0 radical (unpaired) electrons. The molecule has 7 heteroatoms. The van der Waals surface area contributed by atoms with Crippen molar-refractivity contribution in [2.45, 2.75) is 51.6 Å². The Morgan fingerprint density at radius 2 is 1.70 bits per heavy atom. The van der Waals surface area contributed by atoms with Gasteiger partial charge in [0.2, 0.25) is 5.95 Å². The SMILES string of the molecule is CN1CCN(c2ncc(C(=O)N(Cc3ccc(C(C)(C)C)cc3)C3CC3)c(-c3ccccc3F)n2)CC1. The number of hydrogen-bond acceptors (Lipinski definition) is 5. The number of nitrogens with zero attached hydrogens (tertiary/aromatic N) is 5. The minimum atomic E-state index is -0.393. The topological polar surface area (TPSA) is 52.6 Å². The third kappa shape index (κ3) is 5.67. The van der Waals surface area contributed by atoms with Crippen LogP contribution in [-0.4, -0.2) is 64.9 Å². The summed E-state index contributed by atoms with van der Waals surface area (Å²) in [7, 11) is 2.09. The van der Waals surface area contributed by atoms with Gasteiger partial charge in [-0.2, -0.15) is 0 Å². The van der Waals surface area contributed by atoms with E-state index in [0.29, 0.717) is 29.3 Å². The molecule has 194 valence electrons. The number of anilines is 1. The molecule has 3 aromatic rings. The minimum absolute atomic E-state index is 0.0715. The van der Waals surface area contributed by atoms with Crippen LogP contribution in [0.15, 0.2) is 54.7 Å². The van der Waals surface area contributed by atoms with E-state index in [4.69, 9.17) is 4.98 Å². The molecular weight excluding hydrogens is 465 g/mol. The quantitative estimate of drug-likeness (QED) is 0.468. The van der Waals surface area contributed by atoms with Gasteiger partial charge in [-0.3, -0.25) is 4.79 Å². The van der Waals surface area contributed by atoms with Gasteiger partial charge in [0.15, 0.2) is 0 Å². The molecule has 0 spiro atoms. The van der Waals surface area contributed by atoms with Crippen LogP contribution in [0.2, 0.25) is 0 Å². The lowest BCUT2D eigenvalue weighted by molar-refractivity contribution is 0.0730. The largest absolute Gasteiger partial charge is 0.338 e. The molecule has 1 aliphatic heterocycles. The Morgan fingerprint density at radius 1 is 1.03 bits per heavy atom. The predicted octanol–water partition coefficient (Wildman–Crippen LogP) is 5.14. The van der Waals surface area contributed by atoms with E-state index in [0.717, 1.165) is 44.6 Å². The van der Waals surface area contributed by atoms with E-state index in [-0.39, 0.29) is 17.4 Å². The van der Waals surface area contributed by atoms with Gasteiger partial charge in [0.05, 0.1) is 11.3 Å². The van der Waals surface area contributed by atoms with Crippen LogP contribution in [0, 0.1) is 5.82 Å². The molecule has 2 aromatic carbocycles. The van der Waals surface area contributed by atoms with Crippen molar-refractivity contribution in [2.24, 2.45) is 0 Å². The first kappa shape index (κ1) is 25.3. The molecule has 1 saturated carbocycles. The summed E-state index contributed by atoms with van der Waals surface area (Å²) in [4.78, 5) is 29.7. The van der Waals surface area contributed by atoms with Gasteiger partial charge in [0, 0.05) is 50.5 Å². The number of carbonyl (C=O) groups is 1. The van der Waals surface area contributed by atoms with E-state index < -0.39 is 5.82 Å². The van der Waals surface area contributed by atoms with Crippen molar-refractivity contribution in [3.8, 4) is 11.3 Å². The fourth-order valence-corrected chi connectivity index (χ4v) is 4.76. The number of hydrogen-bond donors (Lipinski definition) is 0. The molecule has 1 aliphatic carbocycles. The molecule has 2 aliphatic rings. The molecule has 0 N–H and O–H groups in total. The zero-order valence-electron chi connectivity index (χ0n) is 22.2. The third-order valence-corrected chi connectivity index (χ3v) is 7.34. The number of amides is 1. The normalized spacial score (nSPS) is 16.6. The smallest absolute Gasteiger partial charge is 0.258 e. The maximum atomic E-state index is 15.0. The van der Waals surface area contributed by atoms with Crippen LogP contribution >= 0.6 is 0 Å². The van der Waals surface area contributed by atoms with E-state index in [1.54, 1.807) is 24.4 Å². The maximum Gasteiger partial charge on any atom is 0.258 e. The summed E-state index contributed by atoms with van der Waals surface area (Å²) in [6.07, 6.45) is 3.55. The van der Waals surface area contributed by atoms with Gasteiger partial charge in [-0.1, -0.05) is 57.2 Å². The minimum Gasteiger partial charge on any atom is -0.338 e. The Hall–Kier alpha value is -3.32. The second-order valence-corrected chi connectivity index (χ2v) is 11.3. The van der Waals surface area contributed by atoms with Gasteiger partial charge in [-0.15, -0.1) is 0 Å². The number of rotatable bonds is 6. The molecule has 5 rings (SSSR count). The Morgan fingerprint density at radius 3 is 2.32 bits per heavy atom. The summed E-state index contributed by atoms with van der Waals surface area (Å²) in [5.41, 5.74) is 3.45. The molecule has 1 saturated heterocycles. The van der Waals surface area contributed by atoms with Crippen molar-refractivity contribution < 1.29 is 9.18 Å². The molecule has 6 nitrogen and oxygen atoms in total. The molecule has 37 heavy (non-hydrogen) atoms. The van der Waals surface area contributed by atoms with Crippen molar-refractivity contribution in [1.29, 1.82) is 0 Å². The van der Waals surface area contributed by atoms with E-state index in [1.807, 2.05) is 4.90 Å². The van der Waals surface area contributed by atoms with Gasteiger partial charge < -0.3 is 14.7 Å². The van der Waals surface area contributed by atoms with E-state index in [1.165, 1.54) is 11.6 Å². The van der Waals surface area contributed by atoms with Crippen molar-refractivity contribution in [1.82, 2.24) is 19.8 Å². The fourth-order valence-electron chi connectivity index (χ4n) is 4.76. The molecule has 0 bridgehead atoms. The van der Waals surface area contributed by atoms with Gasteiger partial charge in [-0.05, 0) is 48.6 Å². The monoisotopic (exact) mass is 501 g/mol. The molecule has 0 atom stereocenters. The van der Waals surface area contributed by atoms with E-state index in [9.17, 15) is 9.18 Å². The second-order valence-electron chi connectivity index (χ2n) is 11.3. The standard InChI is InChI=1S/C30H36FN5O/c1-30(2,3)22-11-9-21(10-12-22)20-36(23-13-14-23)28(37)25-19-32-29(35-17-15-34(4)16-18-35)33-27(25)24-7-5-6-8-26(24)31/h5-12,19,23H,13-18,20H2,1-4H3. The van der Waals surface area contributed by atoms with Gasteiger partial charge in [0.25, 0.3) is 5.91 Å². The summed E-state index contributed by atoms with van der Waals surface area (Å²) in [6, 6.07) is 15.2. The van der Waals surface area contributed by atoms with Crippen LogP contribution < -0.4 is 4.90 Å². The van der Waals surface area contributed by atoms with Crippen molar-refractivity contribution in [3.63, 3.8) is 0 Å². The maximum absolute atomic E-state index is 15.0. The summed E-state index contributed by atoms with van der Waals surface area (Å²) >= 11 is 0. The lowest BCUT2D eigenvalue weighted by Crippen LogP contribution is -2.45. The highest BCUT2D eigenvalue weighted by molar-refractivity contribution is 6.00. The summed E-state index contributed by atoms with van der Waals surface area (Å²) in [5, 5.41) is 0. The van der Waals surface area contributed by atoms with Crippen LogP contribution in [0.1, 0.15) is 55.1 Å². The molecule has 0 unspecified atom stereocenters. The molecular formula is C30H36FN5O. The predicted molar refractivity (Wildman–Crippen MR) is 145 cm³/mol. The first-order valence-electron chi connectivity index (χ1n) is 13.2. The van der Waals surface area contributed by atoms with E-state index >= 15 is 0 Å². The average molecular weight is 502 g/mol. The van der Waals surface area contributed by atoms with Crippen molar-refractivity contribution >= 4 is 11.9 Å². The number of carbonyl (C=O) groups excluding carboxylic acids is 1. The van der Waals surface area contributed by atoms with Gasteiger partial charge >= 0.3 is 0 Å². The van der Waals surface area contributed by atoms with Gasteiger partial charge in [0.1, 0.15) is 5.82 Å². The molecule has 2 heterocycles. The Kier molecular flexibility index (Phi) is 6.99. The van der Waals surface area contributed by atoms with Crippen molar-refractivity contribution in [3.05, 3.63) is 77.2 Å². The third-order valence-electron chi connectivity index (χ3n) is 7.34. The Balaban J connectivity index is 1.48. The zero-order valence-corrected chi connectivity index (χ0v) is 22.2. The average Bonchev–Trinajstić information content (AvgIpc) is 3.73. The number of benzene rings is 2. The molecule has 2 fully saturated rings. The fraction of sp³-hybridized carbons (Fsp3) is 0.433. The number of aromatic nitrogens is 2. The first-order chi connectivity index (χ1) is 17.7. The van der Waals surface area contributed by atoms with Crippen LogP contribution in [-0.2, 0) is 12.0 Å². The summed E-state index contributed by atoms with van der Waals surface area (Å²) in [6.45, 7) is 10.5. The highest BCUT2D eigenvalue weighted by Crippen LogP contribution is 2.33. The van der Waals surface area contributed by atoms with Crippen LogP contribution in [0.5, 0.6) is 0 Å². The van der Waals surface area contributed by atoms with Crippen LogP contribution in [0.25, 0.3) is 11.3 Å². The summed E-state index contributed by atoms with van der Waals surface area (Å²) < 4.78 is 15.0. The lowest BCUT2D eigenvalue weighted by Gasteiger charge is -2.32. The second kappa shape index (κ2) is 10.2. The number of likely N-dealkylation sites (N-methyl/N-ethyl adjacent to an activating group) is 1. The lowest BCUT2D eigenvalue weighted by atomic mass is 9.87. The van der Waals surface area contributed by atoms with Crippen LogP contribution in [0.4, 0.5) is 10.3 Å². The Bertz CT molecular complexity index is 1260. The van der Waals surface area contributed by atoms with Gasteiger partial charge in [-0.25, -0.2) is 14.4 Å². The van der Waals surface area contributed by atoms with Crippen molar-refractivity contribution in [2.75, 3.05) is 38.1 Å². The first-order valence-corrected chi connectivity index (χ1v) is 13.2. The molecule has 1 amide bonds. The number of piperazine rings is 1. The number of halogens is 1. The van der Waals surface area contributed by atoms with Crippen LogP contribution in [0.3, 0.4) is 0 Å². The zero-order chi connectivity index (χ0) is 26.2. The summed E-state index contributed by atoms with van der Waals surface area (Å²) in [5.74, 6) is -0.000425. The van der Waals surface area contributed by atoms with E-state index in [2.05, 4.69) is 66.9 Å². The highest BCUT2D eigenvalue weighted by atomic mass is 19.1. The molecule has 1 aromatic heterocycles. The Labute approximate surface area is 219 Å².